The van der Waals surface area contributed by atoms with Gasteiger partial charge < -0.3 is 10.5 Å². The van der Waals surface area contributed by atoms with Gasteiger partial charge in [-0.3, -0.25) is 0 Å². The number of rotatable bonds is 4. The Morgan fingerprint density at radius 1 is 1.33 bits per heavy atom. The van der Waals surface area contributed by atoms with Gasteiger partial charge in [0, 0.05) is 6.54 Å². The van der Waals surface area contributed by atoms with E-state index >= 15 is 0 Å². The van der Waals surface area contributed by atoms with E-state index in [-0.39, 0.29) is 0 Å². The highest BCUT2D eigenvalue weighted by molar-refractivity contribution is 5.43. The monoisotopic (exact) mass is 207 g/mol. The smallest absolute Gasteiger partial charge is 0.123 e. The topological polar surface area (TPSA) is 35.2 Å². The second kappa shape index (κ2) is 5.17. The van der Waals surface area contributed by atoms with Crippen molar-refractivity contribution in [2.24, 2.45) is 5.73 Å². The van der Waals surface area contributed by atoms with Gasteiger partial charge in [-0.25, -0.2) is 0 Å². The van der Waals surface area contributed by atoms with Crippen LogP contribution in [0.3, 0.4) is 0 Å². The third-order valence-electron chi connectivity index (χ3n) is 2.61. The number of ether oxygens (including phenoxy) is 1. The quantitative estimate of drug-likeness (QED) is 0.823. The van der Waals surface area contributed by atoms with Crippen LogP contribution in [-0.2, 0) is 6.54 Å². The van der Waals surface area contributed by atoms with E-state index in [4.69, 9.17) is 10.5 Å². The van der Waals surface area contributed by atoms with Gasteiger partial charge in [0.2, 0.25) is 0 Å². The van der Waals surface area contributed by atoms with Crippen molar-refractivity contribution >= 4 is 0 Å². The molecule has 0 aliphatic carbocycles. The van der Waals surface area contributed by atoms with Crippen molar-refractivity contribution in [3.8, 4) is 5.75 Å². The average molecular weight is 207 g/mol. The van der Waals surface area contributed by atoms with E-state index in [0.29, 0.717) is 19.1 Å². The third-order valence-corrected chi connectivity index (χ3v) is 2.61. The molecule has 0 saturated heterocycles. The van der Waals surface area contributed by atoms with Crippen molar-refractivity contribution < 1.29 is 4.74 Å². The van der Waals surface area contributed by atoms with Gasteiger partial charge in [0.05, 0.1) is 6.61 Å². The maximum absolute atomic E-state index is 5.70. The molecule has 15 heavy (non-hydrogen) atoms. The molecule has 0 aromatic heterocycles. The Morgan fingerprint density at radius 2 is 2.00 bits per heavy atom. The zero-order chi connectivity index (χ0) is 11.4. The van der Waals surface area contributed by atoms with Gasteiger partial charge in [-0.1, -0.05) is 19.9 Å². The highest BCUT2D eigenvalue weighted by Gasteiger charge is 2.10. The largest absolute Gasteiger partial charge is 0.494 e. The van der Waals surface area contributed by atoms with Crippen LogP contribution < -0.4 is 10.5 Å². The number of aryl methyl sites for hydroxylation is 1. The van der Waals surface area contributed by atoms with E-state index < -0.39 is 0 Å². The molecule has 0 atom stereocenters. The van der Waals surface area contributed by atoms with Crippen LogP contribution in [0.5, 0.6) is 5.75 Å². The lowest BCUT2D eigenvalue weighted by molar-refractivity contribution is 0.335. The molecule has 0 amide bonds. The number of hydrogen-bond donors (Lipinski definition) is 1. The van der Waals surface area contributed by atoms with Crippen molar-refractivity contribution in [2.75, 3.05) is 6.61 Å². The Kier molecular flexibility index (Phi) is 4.15. The molecule has 0 unspecified atom stereocenters. The van der Waals surface area contributed by atoms with Crippen molar-refractivity contribution in [3.63, 3.8) is 0 Å². The third kappa shape index (κ3) is 2.72. The van der Waals surface area contributed by atoms with Gasteiger partial charge in [-0.15, -0.1) is 0 Å². The molecule has 1 aromatic carbocycles. The summed E-state index contributed by atoms with van der Waals surface area (Å²) in [7, 11) is 0. The summed E-state index contributed by atoms with van der Waals surface area (Å²) >= 11 is 0. The average Bonchev–Trinajstić information content (AvgIpc) is 2.18. The summed E-state index contributed by atoms with van der Waals surface area (Å²) in [6, 6.07) is 4.27. The molecule has 2 heteroatoms. The fourth-order valence-electron chi connectivity index (χ4n) is 1.70. The molecular formula is C13H21NO. The van der Waals surface area contributed by atoms with Gasteiger partial charge in [0.1, 0.15) is 5.75 Å². The predicted molar refractivity (Wildman–Crippen MR) is 64.3 cm³/mol. The second-order valence-corrected chi connectivity index (χ2v) is 4.11. The standard InChI is InChI=1S/C13H21NO/c1-5-15-13-6-10(4)11(8-14)7-12(13)9(2)3/h6-7,9H,5,8,14H2,1-4H3. The van der Waals surface area contributed by atoms with Gasteiger partial charge in [-0.2, -0.15) is 0 Å². The summed E-state index contributed by atoms with van der Waals surface area (Å²) in [6.07, 6.45) is 0. The van der Waals surface area contributed by atoms with Crippen LogP contribution in [0.25, 0.3) is 0 Å². The fourth-order valence-corrected chi connectivity index (χ4v) is 1.70. The summed E-state index contributed by atoms with van der Waals surface area (Å²) in [5.74, 6) is 1.47. The molecule has 0 fully saturated rings. The van der Waals surface area contributed by atoms with Crippen molar-refractivity contribution in [2.45, 2.75) is 40.2 Å². The van der Waals surface area contributed by atoms with E-state index in [1.807, 2.05) is 6.92 Å². The Bertz CT molecular complexity index is 332. The molecule has 1 rings (SSSR count). The minimum Gasteiger partial charge on any atom is -0.494 e. The van der Waals surface area contributed by atoms with Crippen LogP contribution in [0, 0.1) is 6.92 Å². The van der Waals surface area contributed by atoms with Crippen LogP contribution in [0.15, 0.2) is 12.1 Å². The van der Waals surface area contributed by atoms with Crippen LogP contribution in [0.1, 0.15) is 43.4 Å². The second-order valence-electron chi connectivity index (χ2n) is 4.11. The minimum atomic E-state index is 0.470. The summed E-state index contributed by atoms with van der Waals surface area (Å²) in [5, 5.41) is 0. The lowest BCUT2D eigenvalue weighted by Gasteiger charge is -2.16. The van der Waals surface area contributed by atoms with Crippen molar-refractivity contribution in [1.29, 1.82) is 0 Å². The number of nitrogens with two attached hydrogens (primary N) is 1. The van der Waals surface area contributed by atoms with Gasteiger partial charge >= 0.3 is 0 Å². The summed E-state index contributed by atoms with van der Waals surface area (Å²) in [4.78, 5) is 0. The molecule has 84 valence electrons. The lowest BCUT2D eigenvalue weighted by Crippen LogP contribution is -2.04. The first-order valence-corrected chi connectivity index (χ1v) is 5.56. The molecule has 0 radical (unpaired) electrons. The predicted octanol–water partition coefficient (Wildman–Crippen LogP) is 2.98. The van der Waals surface area contributed by atoms with E-state index in [9.17, 15) is 0 Å². The zero-order valence-electron chi connectivity index (χ0n) is 10.1. The van der Waals surface area contributed by atoms with E-state index in [1.54, 1.807) is 0 Å². The van der Waals surface area contributed by atoms with Gasteiger partial charge in [-0.05, 0) is 42.5 Å². The normalized spacial score (nSPS) is 10.8. The van der Waals surface area contributed by atoms with Crippen LogP contribution in [0.4, 0.5) is 0 Å². The maximum atomic E-state index is 5.70. The van der Waals surface area contributed by atoms with Crippen molar-refractivity contribution in [3.05, 3.63) is 28.8 Å². The molecule has 2 N–H and O–H groups in total. The van der Waals surface area contributed by atoms with Gasteiger partial charge in [0.25, 0.3) is 0 Å². The summed E-state index contributed by atoms with van der Waals surface area (Å²) in [5.41, 5.74) is 9.38. The molecule has 0 spiro atoms. The Morgan fingerprint density at radius 3 is 2.47 bits per heavy atom. The first kappa shape index (κ1) is 12.1. The van der Waals surface area contributed by atoms with Crippen LogP contribution >= 0.6 is 0 Å². The molecule has 0 aliphatic rings. The summed E-state index contributed by atoms with van der Waals surface area (Å²) in [6.45, 7) is 9.74. The lowest BCUT2D eigenvalue weighted by atomic mass is 9.96. The molecule has 1 aromatic rings. The fraction of sp³-hybridized carbons (Fsp3) is 0.538. The highest BCUT2D eigenvalue weighted by atomic mass is 16.5. The van der Waals surface area contributed by atoms with E-state index in [0.717, 1.165) is 5.75 Å². The molecular weight excluding hydrogens is 186 g/mol. The highest BCUT2D eigenvalue weighted by Crippen LogP contribution is 2.29. The maximum Gasteiger partial charge on any atom is 0.123 e. The van der Waals surface area contributed by atoms with E-state index in [2.05, 4.69) is 32.9 Å². The molecule has 0 bridgehead atoms. The molecule has 0 saturated carbocycles. The summed E-state index contributed by atoms with van der Waals surface area (Å²) < 4.78 is 5.64. The van der Waals surface area contributed by atoms with Gasteiger partial charge in [0.15, 0.2) is 0 Å². The van der Waals surface area contributed by atoms with Crippen LogP contribution in [-0.4, -0.2) is 6.61 Å². The minimum absolute atomic E-state index is 0.470. The Hall–Kier alpha value is -1.02. The number of benzene rings is 1. The SMILES string of the molecule is CCOc1cc(C)c(CN)cc1C(C)C. The molecule has 0 aliphatic heterocycles. The van der Waals surface area contributed by atoms with Crippen LogP contribution in [0.2, 0.25) is 0 Å². The van der Waals surface area contributed by atoms with Crippen molar-refractivity contribution in [1.82, 2.24) is 0 Å². The Balaban J connectivity index is 3.19. The first-order valence-electron chi connectivity index (χ1n) is 5.56. The van der Waals surface area contributed by atoms with E-state index in [1.165, 1.54) is 16.7 Å². The first-order chi connectivity index (χ1) is 7.10. The Labute approximate surface area is 92.4 Å². The molecule has 2 nitrogen and oxygen atoms in total. The zero-order valence-corrected chi connectivity index (χ0v) is 10.1. The number of hydrogen-bond acceptors (Lipinski definition) is 2. The molecule has 0 heterocycles.